The zero-order chi connectivity index (χ0) is 18.6. The predicted octanol–water partition coefficient (Wildman–Crippen LogP) is 4.36. The lowest BCUT2D eigenvalue weighted by atomic mass is 9.92. The number of rotatable bonds is 4. The molecule has 0 unspecified atom stereocenters. The standard InChI is InChI=1S/C21H24N2O3S.ClH/c1-14-11-15(7-8-22-14)21(24)23-17-12-18-19(26-10-9-25-18)13-20(17)27-16-5-3-2-4-6-16;/h2-6,12-15,22H,7-11H2,1H3,(H,23,24);1H/t14-,15-;/m0./s1. The van der Waals surface area contributed by atoms with Crippen LogP contribution in [0.1, 0.15) is 19.8 Å². The highest BCUT2D eigenvalue weighted by Gasteiger charge is 2.26. The van der Waals surface area contributed by atoms with Crippen molar-refractivity contribution in [1.29, 1.82) is 0 Å². The van der Waals surface area contributed by atoms with Gasteiger partial charge in [0.25, 0.3) is 0 Å². The largest absolute Gasteiger partial charge is 0.486 e. The number of hydrogen-bond donors (Lipinski definition) is 2. The maximum atomic E-state index is 12.9. The molecule has 2 atom stereocenters. The molecule has 0 bridgehead atoms. The number of fused-ring (bicyclic) bond motifs is 1. The molecule has 2 heterocycles. The first-order valence-electron chi connectivity index (χ1n) is 9.40. The van der Waals surface area contributed by atoms with E-state index >= 15 is 0 Å². The molecule has 4 rings (SSSR count). The zero-order valence-electron chi connectivity index (χ0n) is 15.8. The second kappa shape index (κ2) is 9.54. The summed E-state index contributed by atoms with van der Waals surface area (Å²) in [7, 11) is 0. The molecule has 1 fully saturated rings. The van der Waals surface area contributed by atoms with Crippen LogP contribution in [0.4, 0.5) is 5.69 Å². The smallest absolute Gasteiger partial charge is 0.227 e. The van der Waals surface area contributed by atoms with E-state index in [-0.39, 0.29) is 24.2 Å². The lowest BCUT2D eigenvalue weighted by Crippen LogP contribution is -2.40. The molecule has 1 saturated heterocycles. The van der Waals surface area contributed by atoms with Crippen LogP contribution in [0.5, 0.6) is 11.5 Å². The number of nitrogens with one attached hydrogen (secondary N) is 2. The maximum Gasteiger partial charge on any atom is 0.227 e. The number of ether oxygens (including phenoxy) is 2. The summed E-state index contributed by atoms with van der Waals surface area (Å²) in [6.07, 6.45) is 1.72. The van der Waals surface area contributed by atoms with Gasteiger partial charge in [-0.3, -0.25) is 4.79 Å². The quantitative estimate of drug-likeness (QED) is 0.769. The Morgan fingerprint density at radius 1 is 1.14 bits per heavy atom. The minimum absolute atomic E-state index is 0. The molecule has 2 aliphatic rings. The first-order chi connectivity index (χ1) is 13.2. The first kappa shape index (κ1) is 20.8. The molecule has 0 saturated carbocycles. The van der Waals surface area contributed by atoms with Gasteiger partial charge in [0.2, 0.25) is 5.91 Å². The van der Waals surface area contributed by atoms with Crippen molar-refractivity contribution in [2.24, 2.45) is 5.92 Å². The fraction of sp³-hybridized carbons (Fsp3) is 0.381. The van der Waals surface area contributed by atoms with Crippen LogP contribution in [0, 0.1) is 5.92 Å². The molecule has 7 heteroatoms. The van der Waals surface area contributed by atoms with E-state index in [0.717, 1.165) is 40.6 Å². The van der Waals surface area contributed by atoms with Gasteiger partial charge >= 0.3 is 0 Å². The molecule has 0 aromatic heterocycles. The zero-order valence-corrected chi connectivity index (χ0v) is 17.4. The van der Waals surface area contributed by atoms with Gasteiger partial charge in [0, 0.05) is 33.9 Å². The van der Waals surface area contributed by atoms with Crippen molar-refractivity contribution in [3.8, 4) is 11.5 Å². The Morgan fingerprint density at radius 2 is 1.86 bits per heavy atom. The SMILES string of the molecule is C[C@H]1C[C@@H](C(=O)Nc2cc3c(cc2Sc2ccccc2)OCCO3)CCN1.Cl. The van der Waals surface area contributed by atoms with Gasteiger partial charge in [0.05, 0.1) is 5.69 Å². The van der Waals surface area contributed by atoms with Crippen molar-refractivity contribution in [2.75, 3.05) is 25.1 Å². The van der Waals surface area contributed by atoms with Gasteiger partial charge in [0.1, 0.15) is 13.2 Å². The molecule has 2 aliphatic heterocycles. The lowest BCUT2D eigenvalue weighted by molar-refractivity contribution is -0.120. The maximum absolute atomic E-state index is 12.9. The summed E-state index contributed by atoms with van der Waals surface area (Å²) in [5.41, 5.74) is 0.782. The summed E-state index contributed by atoms with van der Waals surface area (Å²) in [4.78, 5) is 14.9. The minimum atomic E-state index is 0. The predicted molar refractivity (Wildman–Crippen MR) is 114 cm³/mol. The number of halogens is 1. The van der Waals surface area contributed by atoms with Crippen LogP contribution in [-0.4, -0.2) is 31.7 Å². The average Bonchev–Trinajstić information content (AvgIpc) is 2.69. The number of anilines is 1. The highest BCUT2D eigenvalue weighted by atomic mass is 35.5. The van der Waals surface area contributed by atoms with Crippen LogP contribution in [-0.2, 0) is 4.79 Å². The summed E-state index contributed by atoms with van der Waals surface area (Å²) in [5, 5.41) is 6.54. The third-order valence-corrected chi connectivity index (χ3v) is 5.93. The summed E-state index contributed by atoms with van der Waals surface area (Å²) >= 11 is 1.61. The Hall–Kier alpha value is -1.89. The van der Waals surface area contributed by atoms with E-state index in [0.29, 0.717) is 25.0 Å². The van der Waals surface area contributed by atoms with E-state index in [4.69, 9.17) is 9.47 Å². The van der Waals surface area contributed by atoms with E-state index in [9.17, 15) is 4.79 Å². The van der Waals surface area contributed by atoms with Crippen molar-refractivity contribution in [3.05, 3.63) is 42.5 Å². The average molecular weight is 421 g/mol. The van der Waals surface area contributed by atoms with Crippen LogP contribution >= 0.6 is 24.2 Å². The van der Waals surface area contributed by atoms with Crippen LogP contribution in [0.15, 0.2) is 52.3 Å². The number of carbonyl (C=O) groups is 1. The Balaban J connectivity index is 0.00000225. The van der Waals surface area contributed by atoms with E-state index in [1.165, 1.54) is 0 Å². The van der Waals surface area contributed by atoms with Crippen molar-refractivity contribution in [3.63, 3.8) is 0 Å². The second-order valence-electron chi connectivity index (χ2n) is 6.97. The van der Waals surface area contributed by atoms with Gasteiger partial charge in [-0.25, -0.2) is 0 Å². The van der Waals surface area contributed by atoms with E-state index in [2.05, 4.69) is 29.7 Å². The number of hydrogen-bond acceptors (Lipinski definition) is 5. The van der Waals surface area contributed by atoms with Crippen LogP contribution in [0.2, 0.25) is 0 Å². The van der Waals surface area contributed by atoms with Gasteiger partial charge in [0.15, 0.2) is 11.5 Å². The summed E-state index contributed by atoms with van der Waals surface area (Å²) in [6, 6.07) is 14.4. The van der Waals surface area contributed by atoms with Crippen LogP contribution in [0.25, 0.3) is 0 Å². The Kier molecular flexibility index (Phi) is 7.10. The van der Waals surface area contributed by atoms with Gasteiger partial charge < -0.3 is 20.1 Å². The number of carbonyl (C=O) groups excluding carboxylic acids is 1. The van der Waals surface area contributed by atoms with Crippen molar-refractivity contribution < 1.29 is 14.3 Å². The Bertz CT molecular complexity index is 819. The Morgan fingerprint density at radius 3 is 2.57 bits per heavy atom. The number of piperidine rings is 1. The van der Waals surface area contributed by atoms with Crippen LogP contribution < -0.4 is 20.1 Å². The molecule has 150 valence electrons. The fourth-order valence-corrected chi connectivity index (χ4v) is 4.41. The fourth-order valence-electron chi connectivity index (χ4n) is 3.47. The summed E-state index contributed by atoms with van der Waals surface area (Å²) in [5.74, 6) is 1.53. The first-order valence-corrected chi connectivity index (χ1v) is 10.2. The van der Waals surface area contributed by atoms with E-state index < -0.39 is 0 Å². The van der Waals surface area contributed by atoms with Gasteiger partial charge in [-0.1, -0.05) is 30.0 Å². The Labute approximate surface area is 176 Å². The third kappa shape index (κ3) is 4.93. The molecule has 0 aliphatic carbocycles. The molecular weight excluding hydrogens is 396 g/mol. The topological polar surface area (TPSA) is 59.6 Å². The summed E-state index contributed by atoms with van der Waals surface area (Å²) < 4.78 is 11.5. The van der Waals surface area contributed by atoms with Gasteiger partial charge in [-0.05, 0) is 38.4 Å². The molecule has 0 spiro atoms. The van der Waals surface area contributed by atoms with Gasteiger partial charge in [-0.2, -0.15) is 0 Å². The molecule has 2 N–H and O–H groups in total. The van der Waals surface area contributed by atoms with E-state index in [1.807, 2.05) is 30.3 Å². The second-order valence-corrected chi connectivity index (χ2v) is 8.09. The van der Waals surface area contributed by atoms with Crippen molar-refractivity contribution >= 4 is 35.8 Å². The molecule has 28 heavy (non-hydrogen) atoms. The van der Waals surface area contributed by atoms with Crippen LogP contribution in [0.3, 0.4) is 0 Å². The third-order valence-electron chi connectivity index (χ3n) is 4.87. The van der Waals surface area contributed by atoms with Gasteiger partial charge in [-0.15, -0.1) is 12.4 Å². The number of benzene rings is 2. The molecule has 2 aromatic rings. The molecule has 1 amide bonds. The molecule has 0 radical (unpaired) electrons. The highest BCUT2D eigenvalue weighted by Crippen LogP contribution is 2.42. The minimum Gasteiger partial charge on any atom is -0.486 e. The van der Waals surface area contributed by atoms with E-state index in [1.54, 1.807) is 11.8 Å². The monoisotopic (exact) mass is 420 g/mol. The lowest BCUT2D eigenvalue weighted by Gasteiger charge is -2.27. The summed E-state index contributed by atoms with van der Waals surface area (Å²) in [6.45, 7) is 4.07. The molecule has 5 nitrogen and oxygen atoms in total. The molecule has 2 aromatic carbocycles. The van der Waals surface area contributed by atoms with Crippen molar-refractivity contribution in [1.82, 2.24) is 5.32 Å². The molecular formula is C21H25ClN2O3S. The normalized spacial score (nSPS) is 20.8. The highest BCUT2D eigenvalue weighted by molar-refractivity contribution is 7.99. The van der Waals surface area contributed by atoms with Crippen molar-refractivity contribution in [2.45, 2.75) is 35.6 Å². The number of amides is 1.